The lowest BCUT2D eigenvalue weighted by Gasteiger charge is -2.40. The van der Waals surface area contributed by atoms with Crippen molar-refractivity contribution in [3.8, 4) is 0 Å². The summed E-state index contributed by atoms with van der Waals surface area (Å²) in [5.74, 6) is -0.226. The summed E-state index contributed by atoms with van der Waals surface area (Å²) < 4.78 is 20.3. The zero-order valence-electron chi connectivity index (χ0n) is 19.6. The number of benzene rings is 2. The van der Waals surface area contributed by atoms with E-state index in [9.17, 15) is 4.79 Å². The Kier molecular flexibility index (Phi) is 7.43. The van der Waals surface area contributed by atoms with Crippen LogP contribution in [-0.4, -0.2) is 40.3 Å². The molecule has 5 nitrogen and oxygen atoms in total. The van der Waals surface area contributed by atoms with E-state index in [1.165, 1.54) is 4.70 Å². The van der Waals surface area contributed by atoms with Crippen molar-refractivity contribution in [1.82, 2.24) is 4.98 Å². The number of hydrogen-bond acceptors (Lipinski definition) is 7. The van der Waals surface area contributed by atoms with Gasteiger partial charge in [-0.1, -0.05) is 54.2 Å². The van der Waals surface area contributed by atoms with Crippen LogP contribution in [0.2, 0.25) is 0 Å². The first-order valence-electron chi connectivity index (χ1n) is 11.3. The van der Waals surface area contributed by atoms with Gasteiger partial charge in [-0.05, 0) is 45.4 Å². The third-order valence-electron chi connectivity index (χ3n) is 5.35. The molecular weight excluding hydrogens is 454 g/mol. The van der Waals surface area contributed by atoms with Crippen LogP contribution in [0.1, 0.15) is 46.1 Å². The molecular formula is C26H31NO4S2. The van der Waals surface area contributed by atoms with E-state index < -0.39 is 11.4 Å². The van der Waals surface area contributed by atoms with Gasteiger partial charge in [-0.25, -0.2) is 4.98 Å². The van der Waals surface area contributed by atoms with Crippen LogP contribution in [0.5, 0.6) is 0 Å². The molecule has 2 heterocycles. The minimum Gasteiger partial charge on any atom is -0.459 e. The van der Waals surface area contributed by atoms with Gasteiger partial charge in [0, 0.05) is 18.6 Å². The Balaban J connectivity index is 1.31. The third kappa shape index (κ3) is 7.03. The van der Waals surface area contributed by atoms with E-state index in [4.69, 9.17) is 19.2 Å². The summed E-state index contributed by atoms with van der Waals surface area (Å²) in [6.45, 7) is 7.70. The molecule has 0 N–H and O–H groups in total. The van der Waals surface area contributed by atoms with E-state index >= 15 is 0 Å². The largest absolute Gasteiger partial charge is 0.459 e. The van der Waals surface area contributed by atoms with Crippen molar-refractivity contribution >= 4 is 39.3 Å². The van der Waals surface area contributed by atoms with E-state index in [0.717, 1.165) is 21.2 Å². The number of rotatable bonds is 8. The second kappa shape index (κ2) is 10.1. The van der Waals surface area contributed by atoms with Crippen molar-refractivity contribution in [2.45, 2.75) is 74.9 Å². The first-order chi connectivity index (χ1) is 15.7. The maximum Gasteiger partial charge on any atom is 0.308 e. The number of fused-ring (bicyclic) bond motifs is 1. The van der Waals surface area contributed by atoms with Gasteiger partial charge in [0.2, 0.25) is 0 Å². The lowest BCUT2D eigenvalue weighted by atomic mass is 9.98. The summed E-state index contributed by atoms with van der Waals surface area (Å²) in [5, 5.41) is 0. The number of ether oxygens (including phenoxy) is 3. The summed E-state index contributed by atoms with van der Waals surface area (Å²) in [5.41, 5.74) is 1.59. The number of hydrogen-bond donors (Lipinski definition) is 0. The molecule has 33 heavy (non-hydrogen) atoms. The fourth-order valence-electron chi connectivity index (χ4n) is 4.18. The molecule has 0 unspecified atom stereocenters. The fourth-order valence-corrected chi connectivity index (χ4v) is 6.28. The number of aromatic nitrogens is 1. The van der Waals surface area contributed by atoms with Crippen molar-refractivity contribution in [2.24, 2.45) is 0 Å². The Morgan fingerprint density at radius 1 is 1.12 bits per heavy atom. The summed E-state index contributed by atoms with van der Waals surface area (Å²) in [7, 11) is 0. The Morgan fingerprint density at radius 3 is 2.58 bits per heavy atom. The van der Waals surface area contributed by atoms with Crippen LogP contribution in [0.25, 0.3) is 10.2 Å². The quantitative estimate of drug-likeness (QED) is 0.277. The maximum absolute atomic E-state index is 12.8. The summed E-state index contributed by atoms with van der Waals surface area (Å²) in [4.78, 5) is 17.5. The molecule has 0 aliphatic carbocycles. The zero-order chi connectivity index (χ0) is 23.5. The van der Waals surface area contributed by atoms with Gasteiger partial charge in [0.15, 0.2) is 10.1 Å². The monoisotopic (exact) mass is 485 g/mol. The zero-order valence-corrected chi connectivity index (χ0v) is 21.2. The second-order valence-electron chi connectivity index (χ2n) is 9.47. The highest BCUT2D eigenvalue weighted by Gasteiger charge is 2.37. The van der Waals surface area contributed by atoms with Gasteiger partial charge in [0.25, 0.3) is 0 Å². The van der Waals surface area contributed by atoms with Crippen LogP contribution in [0, 0.1) is 0 Å². The molecule has 0 bridgehead atoms. The SMILES string of the molecule is CC(C)(Cc1ccccc1)OC(=O)C[C@H]1C[C@@H](CSc2nc3ccccc3s2)OC(C)(C)O1. The predicted molar refractivity (Wildman–Crippen MR) is 134 cm³/mol. The molecule has 2 aromatic carbocycles. The Labute approximate surface area is 203 Å². The molecule has 2 atom stereocenters. The number of esters is 1. The highest BCUT2D eigenvalue weighted by molar-refractivity contribution is 8.01. The molecule has 0 radical (unpaired) electrons. The number of carbonyl (C=O) groups is 1. The number of para-hydroxylation sites is 1. The van der Waals surface area contributed by atoms with E-state index in [0.29, 0.717) is 12.8 Å². The Morgan fingerprint density at radius 2 is 1.82 bits per heavy atom. The molecule has 1 aliphatic heterocycles. The highest BCUT2D eigenvalue weighted by atomic mass is 32.2. The van der Waals surface area contributed by atoms with Gasteiger partial charge in [-0.2, -0.15) is 0 Å². The topological polar surface area (TPSA) is 57.7 Å². The number of thioether (sulfide) groups is 1. The summed E-state index contributed by atoms with van der Waals surface area (Å²) in [6.07, 6.45) is 1.26. The standard InChI is InChI=1S/C26H31NO4S2/c1-25(2,16-18-10-6-5-7-11-18)31-23(28)15-19-14-20(30-26(3,4)29-19)17-32-24-27-21-12-8-9-13-22(21)33-24/h5-13,19-20H,14-17H2,1-4H3/t19-,20+/m1/s1. The van der Waals surface area contributed by atoms with Crippen LogP contribution in [0.15, 0.2) is 58.9 Å². The lowest BCUT2D eigenvalue weighted by Crippen LogP contribution is -2.46. The van der Waals surface area contributed by atoms with Gasteiger partial charge in [-0.3, -0.25) is 4.79 Å². The normalized spacial score (nSPS) is 20.6. The van der Waals surface area contributed by atoms with Gasteiger partial charge in [-0.15, -0.1) is 11.3 Å². The number of thiazole rings is 1. The minimum atomic E-state index is -0.748. The second-order valence-corrected chi connectivity index (χ2v) is 11.8. The van der Waals surface area contributed by atoms with Gasteiger partial charge < -0.3 is 14.2 Å². The smallest absolute Gasteiger partial charge is 0.308 e. The maximum atomic E-state index is 12.8. The van der Waals surface area contributed by atoms with Crippen LogP contribution in [0.3, 0.4) is 0 Å². The Bertz CT molecular complexity index is 1050. The molecule has 176 valence electrons. The minimum absolute atomic E-state index is 0.0270. The molecule has 1 aliphatic rings. The first-order valence-corrected chi connectivity index (χ1v) is 13.1. The van der Waals surface area contributed by atoms with E-state index in [-0.39, 0.29) is 24.6 Å². The van der Waals surface area contributed by atoms with E-state index in [1.54, 1.807) is 23.1 Å². The van der Waals surface area contributed by atoms with Crippen LogP contribution >= 0.6 is 23.1 Å². The molecule has 1 saturated heterocycles. The number of nitrogens with zero attached hydrogens (tertiary/aromatic N) is 1. The van der Waals surface area contributed by atoms with Crippen molar-refractivity contribution in [2.75, 3.05) is 5.75 Å². The van der Waals surface area contributed by atoms with Gasteiger partial charge in [0.05, 0.1) is 28.8 Å². The fraction of sp³-hybridized carbons (Fsp3) is 0.462. The first kappa shape index (κ1) is 24.2. The Hall–Kier alpha value is -1.93. The summed E-state index contributed by atoms with van der Waals surface area (Å²) >= 11 is 3.39. The molecule has 0 amide bonds. The molecule has 1 fully saturated rings. The molecule has 0 spiro atoms. The van der Waals surface area contributed by atoms with E-state index in [1.807, 2.05) is 76.2 Å². The molecule has 7 heteroatoms. The molecule has 4 rings (SSSR count). The van der Waals surface area contributed by atoms with Gasteiger partial charge >= 0.3 is 5.97 Å². The predicted octanol–water partition coefficient (Wildman–Crippen LogP) is 6.25. The average molecular weight is 486 g/mol. The van der Waals surface area contributed by atoms with Crippen molar-refractivity contribution < 1.29 is 19.0 Å². The van der Waals surface area contributed by atoms with E-state index in [2.05, 4.69) is 6.07 Å². The molecule has 1 aromatic heterocycles. The summed E-state index contributed by atoms with van der Waals surface area (Å²) in [6, 6.07) is 18.2. The third-order valence-corrected chi connectivity index (χ3v) is 7.66. The van der Waals surface area contributed by atoms with Gasteiger partial charge in [0.1, 0.15) is 5.60 Å². The lowest BCUT2D eigenvalue weighted by molar-refractivity contribution is -0.295. The van der Waals surface area contributed by atoms with Crippen LogP contribution < -0.4 is 0 Å². The molecule has 3 aromatic rings. The number of carbonyl (C=O) groups excluding carboxylic acids is 1. The average Bonchev–Trinajstić information content (AvgIpc) is 3.14. The molecule has 0 saturated carbocycles. The van der Waals surface area contributed by atoms with Crippen molar-refractivity contribution in [3.63, 3.8) is 0 Å². The van der Waals surface area contributed by atoms with Crippen LogP contribution in [0.4, 0.5) is 0 Å². The van der Waals surface area contributed by atoms with Crippen molar-refractivity contribution in [1.29, 1.82) is 0 Å². The van der Waals surface area contributed by atoms with Crippen LogP contribution in [-0.2, 0) is 25.4 Å². The van der Waals surface area contributed by atoms with Crippen molar-refractivity contribution in [3.05, 3.63) is 60.2 Å². The highest BCUT2D eigenvalue weighted by Crippen LogP contribution is 2.34.